The molecule has 0 unspecified atom stereocenters. The number of aliphatic hydroxyl groups excluding tert-OH is 1. The lowest BCUT2D eigenvalue weighted by Gasteiger charge is -2.39. The molecule has 0 spiro atoms. The Labute approximate surface area is 293 Å². The van der Waals surface area contributed by atoms with Crippen molar-refractivity contribution in [3.63, 3.8) is 0 Å². The summed E-state index contributed by atoms with van der Waals surface area (Å²) in [6.07, 6.45) is 0.331. The highest BCUT2D eigenvalue weighted by atomic mass is 16.7. The summed E-state index contributed by atoms with van der Waals surface area (Å²) < 4.78 is 32.7. The van der Waals surface area contributed by atoms with E-state index in [1.54, 1.807) is 49.4 Å². The van der Waals surface area contributed by atoms with Crippen LogP contribution in [0, 0.1) is 0 Å². The molecule has 12 heteroatoms. The van der Waals surface area contributed by atoms with Gasteiger partial charge < -0.3 is 34.1 Å². The summed E-state index contributed by atoms with van der Waals surface area (Å²) in [5.74, 6) is 1.34. The van der Waals surface area contributed by atoms with E-state index in [0.717, 1.165) is 16.7 Å². The fraction of sp³-hybridized carbons (Fsp3) is 0.231. The van der Waals surface area contributed by atoms with E-state index in [1.807, 2.05) is 84.9 Å². The normalized spacial score (nSPS) is 21.1. The van der Waals surface area contributed by atoms with Crippen LogP contribution in [0.3, 0.4) is 0 Å². The number of ether oxygens (including phenoxy) is 5. The molecule has 4 aromatic carbocycles. The number of hydrogen-bond acceptors (Lipinski definition) is 10. The van der Waals surface area contributed by atoms with Gasteiger partial charge in [0.25, 0.3) is 5.91 Å². The number of imidazole rings is 1. The number of aromatic nitrogens is 4. The SMILES string of the molecule is COc1ccc(C(OC[C@@]23CO[C@@H]([C@H](n4cnc5c(NC(=O)c6ccccc6)ncnc54)O2)[C@@H]3O)(c2ccccc2)c2ccc(OC)cc2)cc1. The van der Waals surface area contributed by atoms with E-state index in [-0.39, 0.29) is 24.9 Å². The predicted molar refractivity (Wildman–Crippen MR) is 187 cm³/mol. The third kappa shape index (κ3) is 5.58. The molecule has 2 bridgehead atoms. The molecule has 2 fully saturated rings. The zero-order chi connectivity index (χ0) is 35.0. The Morgan fingerprint density at radius 2 is 1.47 bits per heavy atom. The number of hydrogen-bond donors (Lipinski definition) is 2. The molecule has 12 nitrogen and oxygen atoms in total. The molecule has 8 rings (SSSR count). The molecule has 0 aliphatic carbocycles. The maximum Gasteiger partial charge on any atom is 0.256 e. The van der Waals surface area contributed by atoms with E-state index in [1.165, 1.54) is 6.33 Å². The average molecular weight is 686 g/mol. The van der Waals surface area contributed by atoms with Crippen molar-refractivity contribution in [1.29, 1.82) is 0 Å². The minimum atomic E-state index is -1.23. The number of nitrogens with one attached hydrogen (secondary N) is 1. The first-order valence-electron chi connectivity index (χ1n) is 16.5. The van der Waals surface area contributed by atoms with Crippen molar-refractivity contribution in [2.45, 2.75) is 29.6 Å². The van der Waals surface area contributed by atoms with Gasteiger partial charge in [-0.05, 0) is 53.1 Å². The van der Waals surface area contributed by atoms with Gasteiger partial charge in [0.2, 0.25) is 0 Å². The van der Waals surface area contributed by atoms with Crippen LogP contribution in [-0.2, 0) is 19.8 Å². The number of aliphatic hydroxyl groups is 1. The third-order valence-electron chi connectivity index (χ3n) is 9.61. The van der Waals surface area contributed by atoms with Gasteiger partial charge in [0, 0.05) is 5.56 Å². The topological polar surface area (TPSA) is 139 Å². The number of benzene rings is 4. The van der Waals surface area contributed by atoms with Crippen LogP contribution in [-0.4, -0.2) is 75.8 Å². The molecule has 4 heterocycles. The van der Waals surface area contributed by atoms with Gasteiger partial charge in [-0.3, -0.25) is 9.36 Å². The number of amides is 1. The smallest absolute Gasteiger partial charge is 0.256 e. The van der Waals surface area contributed by atoms with Crippen molar-refractivity contribution in [2.24, 2.45) is 0 Å². The van der Waals surface area contributed by atoms with Gasteiger partial charge in [0.1, 0.15) is 41.2 Å². The highest BCUT2D eigenvalue weighted by molar-refractivity contribution is 6.06. The van der Waals surface area contributed by atoms with E-state index in [9.17, 15) is 9.90 Å². The summed E-state index contributed by atoms with van der Waals surface area (Å²) in [7, 11) is 3.25. The number of carbonyl (C=O) groups excluding carboxylic acids is 1. The first-order chi connectivity index (χ1) is 25.0. The Balaban J connectivity index is 1.14. The fourth-order valence-electron chi connectivity index (χ4n) is 6.94. The first kappa shape index (κ1) is 32.5. The van der Waals surface area contributed by atoms with Gasteiger partial charge in [0.15, 0.2) is 23.2 Å². The van der Waals surface area contributed by atoms with Gasteiger partial charge in [-0.25, -0.2) is 15.0 Å². The van der Waals surface area contributed by atoms with Crippen molar-refractivity contribution < 1.29 is 33.6 Å². The minimum Gasteiger partial charge on any atom is -0.497 e. The number of rotatable bonds is 11. The average Bonchev–Trinajstić information content (AvgIpc) is 3.85. The number of nitrogens with zero attached hydrogens (tertiary/aromatic N) is 4. The van der Waals surface area contributed by atoms with Gasteiger partial charge in [-0.2, -0.15) is 0 Å². The van der Waals surface area contributed by atoms with E-state index in [4.69, 9.17) is 23.7 Å². The second-order valence-electron chi connectivity index (χ2n) is 12.5. The van der Waals surface area contributed by atoms with Gasteiger partial charge in [-0.1, -0.05) is 72.8 Å². The Morgan fingerprint density at radius 1 is 0.863 bits per heavy atom. The highest BCUT2D eigenvalue weighted by Gasteiger charge is 2.63. The summed E-state index contributed by atoms with van der Waals surface area (Å²) >= 11 is 0. The second-order valence-corrected chi connectivity index (χ2v) is 12.5. The van der Waals surface area contributed by atoms with Gasteiger partial charge in [-0.15, -0.1) is 0 Å². The summed E-state index contributed by atoms with van der Waals surface area (Å²) in [4.78, 5) is 26.2. The van der Waals surface area contributed by atoms with Crippen LogP contribution in [0.2, 0.25) is 0 Å². The molecule has 2 aromatic heterocycles. The molecule has 0 saturated carbocycles. The van der Waals surface area contributed by atoms with Crippen molar-refractivity contribution in [3.05, 3.63) is 144 Å². The molecular weight excluding hydrogens is 650 g/mol. The summed E-state index contributed by atoms with van der Waals surface area (Å²) in [6.45, 7) is 0.0690. The van der Waals surface area contributed by atoms with Crippen LogP contribution in [0.1, 0.15) is 33.3 Å². The Morgan fingerprint density at radius 3 is 2.10 bits per heavy atom. The molecule has 2 saturated heterocycles. The van der Waals surface area contributed by atoms with Gasteiger partial charge >= 0.3 is 0 Å². The van der Waals surface area contributed by atoms with Crippen LogP contribution >= 0.6 is 0 Å². The van der Waals surface area contributed by atoms with Crippen LogP contribution in [0.25, 0.3) is 11.2 Å². The lowest BCUT2D eigenvalue weighted by molar-refractivity contribution is -0.202. The molecule has 2 aliphatic rings. The summed E-state index contributed by atoms with van der Waals surface area (Å²) in [5.41, 5.74) is 1.46. The van der Waals surface area contributed by atoms with Crippen molar-refractivity contribution in [1.82, 2.24) is 19.5 Å². The van der Waals surface area contributed by atoms with E-state index >= 15 is 0 Å². The van der Waals surface area contributed by atoms with Crippen LogP contribution in [0.15, 0.2) is 122 Å². The molecule has 1 amide bonds. The standard InChI is InChI=1S/C39H35N5O7/c1-47-29-17-13-27(14-18-29)39(26-11-7-4-8-12-26,28-15-19-30(48-2)20-16-28)50-22-38-21-49-32(33(38)45)37(51-38)44-24-42-31-34(40-23-41-35(31)44)43-36(46)25-9-5-3-6-10-25/h3-20,23-24,32-33,37,45H,21-22H2,1-2H3,(H,40,41,43,46)/t32-,33+,37-,38-/m1/s1. The molecule has 0 radical (unpaired) electrons. The molecule has 4 atom stereocenters. The lowest BCUT2D eigenvalue weighted by atomic mass is 9.79. The van der Waals surface area contributed by atoms with E-state index in [0.29, 0.717) is 28.2 Å². The molecule has 2 N–H and O–H groups in total. The molecular formula is C39H35N5O7. The van der Waals surface area contributed by atoms with Gasteiger partial charge in [0.05, 0.1) is 33.8 Å². The molecule has 258 valence electrons. The second kappa shape index (κ2) is 13.2. The maximum atomic E-state index is 12.9. The largest absolute Gasteiger partial charge is 0.497 e. The summed E-state index contributed by atoms with van der Waals surface area (Å²) in [5, 5.41) is 14.6. The number of methoxy groups -OCH3 is 2. The van der Waals surface area contributed by atoms with E-state index in [2.05, 4.69) is 20.3 Å². The highest BCUT2D eigenvalue weighted by Crippen LogP contribution is 2.49. The van der Waals surface area contributed by atoms with Crippen molar-refractivity contribution in [3.8, 4) is 11.5 Å². The van der Waals surface area contributed by atoms with Crippen LogP contribution in [0.5, 0.6) is 11.5 Å². The maximum absolute atomic E-state index is 12.9. The Kier molecular flexibility index (Phi) is 8.44. The fourth-order valence-corrected chi connectivity index (χ4v) is 6.94. The zero-order valence-electron chi connectivity index (χ0n) is 27.9. The van der Waals surface area contributed by atoms with Crippen LogP contribution < -0.4 is 14.8 Å². The predicted octanol–water partition coefficient (Wildman–Crippen LogP) is 5.13. The molecule has 2 aliphatic heterocycles. The third-order valence-corrected chi connectivity index (χ3v) is 9.61. The quantitative estimate of drug-likeness (QED) is 0.177. The Hall–Kier alpha value is -5.66. The van der Waals surface area contributed by atoms with Crippen molar-refractivity contribution >= 4 is 22.9 Å². The number of carbonyl (C=O) groups is 1. The summed E-state index contributed by atoms with van der Waals surface area (Å²) in [6, 6.07) is 34.2. The first-order valence-corrected chi connectivity index (χ1v) is 16.5. The van der Waals surface area contributed by atoms with E-state index < -0.39 is 29.6 Å². The van der Waals surface area contributed by atoms with Crippen molar-refractivity contribution in [2.75, 3.05) is 32.8 Å². The number of fused-ring (bicyclic) bond motifs is 3. The minimum absolute atomic E-state index is 0.0336. The molecule has 51 heavy (non-hydrogen) atoms. The zero-order valence-corrected chi connectivity index (χ0v) is 27.9. The lowest BCUT2D eigenvalue weighted by Crippen LogP contribution is -2.48. The Bertz CT molecular complexity index is 2100. The monoisotopic (exact) mass is 685 g/mol. The molecule has 6 aromatic rings. The number of anilines is 1. The van der Waals surface area contributed by atoms with Crippen LogP contribution in [0.4, 0.5) is 5.82 Å².